The highest BCUT2D eigenvalue weighted by Gasteiger charge is 2.33. The molecule has 2 rings (SSSR count). The molecule has 0 aliphatic carbocycles. The van der Waals surface area contributed by atoms with Crippen molar-refractivity contribution in [3.05, 3.63) is 48.0 Å². The molecule has 1 atom stereocenters. The van der Waals surface area contributed by atoms with Crippen molar-refractivity contribution in [2.75, 3.05) is 13.2 Å². The van der Waals surface area contributed by atoms with Crippen LogP contribution in [0.2, 0.25) is 0 Å². The van der Waals surface area contributed by atoms with Crippen molar-refractivity contribution in [3.63, 3.8) is 0 Å². The van der Waals surface area contributed by atoms with E-state index in [-0.39, 0.29) is 12.4 Å². The molecule has 23 heavy (non-hydrogen) atoms. The second-order valence-corrected chi connectivity index (χ2v) is 6.45. The van der Waals surface area contributed by atoms with Crippen LogP contribution in [0.3, 0.4) is 0 Å². The molecular weight excluding hydrogens is 294 g/mol. The largest absolute Gasteiger partial charge is 0.444 e. The van der Waals surface area contributed by atoms with Gasteiger partial charge in [-0.25, -0.2) is 4.79 Å². The van der Waals surface area contributed by atoms with Gasteiger partial charge in [0.1, 0.15) is 11.6 Å². The minimum absolute atomic E-state index is 0.143. The first-order chi connectivity index (χ1) is 10.9. The monoisotopic (exact) mass is 317 g/mol. The summed E-state index contributed by atoms with van der Waals surface area (Å²) in [6.07, 6.45) is 2.67. The van der Waals surface area contributed by atoms with Crippen LogP contribution in [0.4, 0.5) is 4.79 Å². The van der Waals surface area contributed by atoms with Crippen LogP contribution in [0.1, 0.15) is 26.3 Å². The minimum Gasteiger partial charge on any atom is -0.444 e. The van der Waals surface area contributed by atoms with Crippen LogP contribution < -0.4 is 0 Å². The van der Waals surface area contributed by atoms with Gasteiger partial charge < -0.3 is 9.47 Å². The van der Waals surface area contributed by atoms with E-state index in [1.807, 2.05) is 30.3 Å². The number of carbonyl (C=O) groups is 2. The van der Waals surface area contributed by atoms with Crippen LogP contribution in [-0.2, 0) is 20.9 Å². The van der Waals surface area contributed by atoms with Gasteiger partial charge >= 0.3 is 6.09 Å². The molecule has 0 fully saturated rings. The Morgan fingerprint density at radius 2 is 1.96 bits per heavy atom. The zero-order chi connectivity index (χ0) is 16.9. The molecule has 124 valence electrons. The SMILES string of the molecule is CC(C)(C)OC(=O)N1CC=CC(=O)[C@H]1COCc1ccccc1. The summed E-state index contributed by atoms with van der Waals surface area (Å²) in [6.45, 7) is 6.29. The number of rotatable bonds is 4. The Balaban J connectivity index is 1.96. The number of ether oxygens (including phenoxy) is 2. The molecule has 1 amide bonds. The Morgan fingerprint density at radius 1 is 1.26 bits per heavy atom. The lowest BCUT2D eigenvalue weighted by molar-refractivity contribution is -0.122. The van der Waals surface area contributed by atoms with Crippen molar-refractivity contribution in [1.29, 1.82) is 0 Å². The van der Waals surface area contributed by atoms with Crippen LogP contribution in [-0.4, -0.2) is 41.6 Å². The first-order valence-electron chi connectivity index (χ1n) is 7.68. The third kappa shape index (κ3) is 5.21. The zero-order valence-corrected chi connectivity index (χ0v) is 13.8. The fourth-order valence-electron chi connectivity index (χ4n) is 2.23. The molecule has 1 aromatic carbocycles. The van der Waals surface area contributed by atoms with Gasteiger partial charge in [-0.2, -0.15) is 0 Å². The maximum absolute atomic E-state index is 12.3. The standard InChI is InChI=1S/C18H23NO4/c1-18(2,3)23-17(21)19-11-7-10-16(20)15(19)13-22-12-14-8-5-4-6-9-14/h4-10,15H,11-13H2,1-3H3/t15-/m1/s1. The summed E-state index contributed by atoms with van der Waals surface area (Å²) < 4.78 is 11.0. The molecule has 0 radical (unpaired) electrons. The minimum atomic E-state index is -0.640. The summed E-state index contributed by atoms with van der Waals surface area (Å²) >= 11 is 0. The molecule has 1 aliphatic heterocycles. The van der Waals surface area contributed by atoms with E-state index in [1.165, 1.54) is 11.0 Å². The van der Waals surface area contributed by atoms with Crippen molar-refractivity contribution in [2.45, 2.75) is 39.0 Å². The molecule has 0 spiro atoms. The lowest BCUT2D eigenvalue weighted by Gasteiger charge is -2.33. The van der Waals surface area contributed by atoms with E-state index < -0.39 is 17.7 Å². The molecule has 0 N–H and O–H groups in total. The normalized spacial score (nSPS) is 18.1. The molecule has 1 aromatic rings. The smallest absolute Gasteiger partial charge is 0.411 e. The van der Waals surface area contributed by atoms with Gasteiger partial charge in [0.05, 0.1) is 13.2 Å². The summed E-state index contributed by atoms with van der Waals surface area (Å²) in [7, 11) is 0. The number of hydrogen-bond acceptors (Lipinski definition) is 4. The predicted octanol–water partition coefficient (Wildman–Crippen LogP) is 2.95. The summed E-state index contributed by atoms with van der Waals surface area (Å²) in [6, 6.07) is 9.06. The van der Waals surface area contributed by atoms with Gasteiger partial charge in [0.25, 0.3) is 0 Å². The molecule has 0 saturated heterocycles. The fourth-order valence-corrected chi connectivity index (χ4v) is 2.23. The number of amides is 1. The Hall–Kier alpha value is -2.14. The maximum atomic E-state index is 12.3. The van der Waals surface area contributed by atoms with Gasteiger partial charge in [0.2, 0.25) is 0 Å². The quantitative estimate of drug-likeness (QED) is 0.857. The Bertz CT molecular complexity index is 574. The second-order valence-electron chi connectivity index (χ2n) is 6.45. The Morgan fingerprint density at radius 3 is 2.61 bits per heavy atom. The van der Waals surface area contributed by atoms with Crippen LogP contribution in [0.25, 0.3) is 0 Å². The van der Waals surface area contributed by atoms with Crippen LogP contribution in [0.5, 0.6) is 0 Å². The highest BCUT2D eigenvalue weighted by atomic mass is 16.6. The van der Waals surface area contributed by atoms with E-state index in [1.54, 1.807) is 26.8 Å². The van der Waals surface area contributed by atoms with Gasteiger partial charge in [0.15, 0.2) is 5.78 Å². The van der Waals surface area contributed by atoms with Gasteiger partial charge in [-0.05, 0) is 32.4 Å². The Labute approximate surface area is 136 Å². The molecule has 1 heterocycles. The molecule has 1 aliphatic rings. The lowest BCUT2D eigenvalue weighted by atomic mass is 10.1. The summed E-state index contributed by atoms with van der Waals surface area (Å²) in [4.78, 5) is 25.8. The van der Waals surface area contributed by atoms with Crippen LogP contribution >= 0.6 is 0 Å². The van der Waals surface area contributed by atoms with Gasteiger partial charge in [-0.3, -0.25) is 9.69 Å². The average molecular weight is 317 g/mol. The molecule has 0 saturated carbocycles. The molecule has 5 nitrogen and oxygen atoms in total. The number of hydrogen-bond donors (Lipinski definition) is 0. The molecule has 0 unspecified atom stereocenters. The Kier molecular flexibility index (Phi) is 5.55. The van der Waals surface area contributed by atoms with E-state index in [0.29, 0.717) is 13.2 Å². The predicted molar refractivity (Wildman–Crippen MR) is 87.0 cm³/mol. The van der Waals surface area contributed by atoms with E-state index in [0.717, 1.165) is 5.56 Å². The van der Waals surface area contributed by atoms with Crippen molar-refractivity contribution in [2.24, 2.45) is 0 Å². The number of benzene rings is 1. The van der Waals surface area contributed by atoms with Gasteiger partial charge in [-0.1, -0.05) is 36.4 Å². The van der Waals surface area contributed by atoms with Crippen molar-refractivity contribution < 1.29 is 19.1 Å². The first-order valence-corrected chi connectivity index (χ1v) is 7.68. The number of nitrogens with zero attached hydrogens (tertiary/aromatic N) is 1. The highest BCUT2D eigenvalue weighted by molar-refractivity contribution is 5.97. The van der Waals surface area contributed by atoms with E-state index >= 15 is 0 Å². The van der Waals surface area contributed by atoms with Crippen molar-refractivity contribution >= 4 is 11.9 Å². The van der Waals surface area contributed by atoms with E-state index in [4.69, 9.17) is 9.47 Å². The van der Waals surface area contributed by atoms with Gasteiger partial charge in [-0.15, -0.1) is 0 Å². The zero-order valence-electron chi connectivity index (χ0n) is 13.8. The summed E-state index contributed by atoms with van der Waals surface area (Å²) in [5.74, 6) is -0.143. The highest BCUT2D eigenvalue weighted by Crippen LogP contribution is 2.16. The van der Waals surface area contributed by atoms with Crippen LogP contribution in [0.15, 0.2) is 42.5 Å². The number of carbonyl (C=O) groups excluding carboxylic acids is 2. The number of ketones is 1. The average Bonchev–Trinajstić information content (AvgIpc) is 2.48. The van der Waals surface area contributed by atoms with E-state index in [9.17, 15) is 9.59 Å². The lowest BCUT2D eigenvalue weighted by Crippen LogP contribution is -2.50. The van der Waals surface area contributed by atoms with E-state index in [2.05, 4.69) is 0 Å². The maximum Gasteiger partial charge on any atom is 0.411 e. The molecule has 0 bridgehead atoms. The van der Waals surface area contributed by atoms with Gasteiger partial charge in [0, 0.05) is 6.54 Å². The molecular formula is C18H23NO4. The third-order valence-electron chi connectivity index (χ3n) is 3.30. The fraction of sp³-hybridized carbons (Fsp3) is 0.444. The molecule has 5 heteroatoms. The van der Waals surface area contributed by atoms with Crippen molar-refractivity contribution in [1.82, 2.24) is 4.90 Å². The third-order valence-corrected chi connectivity index (χ3v) is 3.30. The molecule has 0 aromatic heterocycles. The van der Waals surface area contributed by atoms with Crippen molar-refractivity contribution in [3.8, 4) is 0 Å². The van der Waals surface area contributed by atoms with Crippen LogP contribution in [0, 0.1) is 0 Å². The topological polar surface area (TPSA) is 55.8 Å². The summed E-state index contributed by atoms with van der Waals surface area (Å²) in [5.41, 5.74) is 0.423. The first kappa shape index (κ1) is 17.2. The second kappa shape index (κ2) is 7.42. The summed E-state index contributed by atoms with van der Waals surface area (Å²) in [5, 5.41) is 0.